The number of nitrogens with zero attached hydrogens (tertiary/aromatic N) is 1. The van der Waals surface area contributed by atoms with E-state index in [1.54, 1.807) is 24.3 Å². The van der Waals surface area contributed by atoms with E-state index in [0.717, 1.165) is 0 Å². The van der Waals surface area contributed by atoms with Crippen molar-refractivity contribution in [1.82, 2.24) is 0 Å². The Morgan fingerprint density at radius 3 is 2.54 bits per heavy atom. The first-order valence-corrected chi connectivity index (χ1v) is 7.46. The molecule has 0 aromatic heterocycles. The van der Waals surface area contributed by atoms with Crippen LogP contribution in [-0.4, -0.2) is 18.1 Å². The van der Waals surface area contributed by atoms with Crippen LogP contribution in [0.5, 0.6) is 11.5 Å². The summed E-state index contributed by atoms with van der Waals surface area (Å²) >= 11 is 12.0. The molecule has 5 nitrogen and oxygen atoms in total. The number of halogens is 2. The van der Waals surface area contributed by atoms with Gasteiger partial charge in [-0.25, -0.2) is 0 Å². The molecule has 0 atom stereocenters. The Hall–Kier alpha value is -2.68. The topological polar surface area (TPSA) is 82.3 Å². The van der Waals surface area contributed by atoms with E-state index in [4.69, 9.17) is 27.9 Å². The molecule has 0 heterocycles. The predicted molar refractivity (Wildman–Crippen MR) is 93.3 cm³/mol. The summed E-state index contributed by atoms with van der Waals surface area (Å²) in [5.74, 6) is -0.462. The number of hydrogen-bond donors (Lipinski definition) is 2. The number of hydrogen-bond acceptors (Lipinski definition) is 4. The molecular weight excluding hydrogens is 351 g/mol. The number of benzene rings is 2. The molecule has 0 saturated carbocycles. The molecule has 0 unspecified atom stereocenters. The van der Waals surface area contributed by atoms with Crippen LogP contribution in [-0.2, 0) is 4.79 Å². The average molecular weight is 363 g/mol. The van der Waals surface area contributed by atoms with Crippen LogP contribution in [0.1, 0.15) is 5.56 Å². The third-order valence-corrected chi connectivity index (χ3v) is 3.71. The van der Waals surface area contributed by atoms with Gasteiger partial charge in [-0.1, -0.05) is 35.3 Å². The third-order valence-electron chi connectivity index (χ3n) is 3.08. The van der Waals surface area contributed by atoms with Crippen molar-refractivity contribution in [2.75, 3.05) is 12.4 Å². The van der Waals surface area contributed by atoms with Gasteiger partial charge in [0.15, 0.2) is 11.5 Å². The number of rotatable bonds is 4. The molecule has 0 saturated heterocycles. The number of ether oxygens (including phenoxy) is 1. The van der Waals surface area contributed by atoms with Gasteiger partial charge < -0.3 is 15.2 Å². The maximum Gasteiger partial charge on any atom is 0.266 e. The Kier molecular flexibility index (Phi) is 5.69. The van der Waals surface area contributed by atoms with Crippen molar-refractivity contribution >= 4 is 40.9 Å². The quantitative estimate of drug-likeness (QED) is 0.628. The number of anilines is 1. The van der Waals surface area contributed by atoms with Crippen LogP contribution in [0, 0.1) is 11.3 Å². The van der Waals surface area contributed by atoms with Crippen molar-refractivity contribution in [3.05, 3.63) is 57.6 Å². The molecule has 1 amide bonds. The number of methoxy groups -OCH3 is 1. The number of nitrogens with one attached hydrogen (secondary N) is 1. The SMILES string of the molecule is COc1cc(/C=C(\C#N)C(=O)Nc2c(Cl)cccc2Cl)ccc1O. The number of aromatic hydroxyl groups is 1. The minimum atomic E-state index is -0.653. The zero-order valence-corrected chi connectivity index (χ0v) is 14.0. The summed E-state index contributed by atoms with van der Waals surface area (Å²) in [6.45, 7) is 0. The first kappa shape index (κ1) is 17.7. The molecular formula is C17H12Cl2N2O3. The van der Waals surface area contributed by atoms with Gasteiger partial charge >= 0.3 is 0 Å². The van der Waals surface area contributed by atoms with Crippen LogP contribution in [0.15, 0.2) is 42.0 Å². The van der Waals surface area contributed by atoms with Crippen molar-refractivity contribution in [2.24, 2.45) is 0 Å². The molecule has 0 fully saturated rings. The third kappa shape index (κ3) is 3.99. The van der Waals surface area contributed by atoms with Gasteiger partial charge in [-0.3, -0.25) is 4.79 Å². The number of phenols is 1. The fourth-order valence-corrected chi connectivity index (χ4v) is 2.39. The molecule has 2 rings (SSSR count). The normalized spacial score (nSPS) is 10.8. The van der Waals surface area contributed by atoms with Gasteiger partial charge in [0.25, 0.3) is 5.91 Å². The lowest BCUT2D eigenvalue weighted by Crippen LogP contribution is -2.14. The fourth-order valence-electron chi connectivity index (χ4n) is 1.90. The first-order valence-electron chi connectivity index (χ1n) is 6.70. The summed E-state index contributed by atoms with van der Waals surface area (Å²) in [7, 11) is 1.40. The number of para-hydroxylation sites is 1. The predicted octanol–water partition coefficient (Wildman–Crippen LogP) is 4.25. The molecule has 0 spiro atoms. The maximum atomic E-state index is 12.3. The van der Waals surface area contributed by atoms with E-state index >= 15 is 0 Å². The first-order chi connectivity index (χ1) is 11.5. The van der Waals surface area contributed by atoms with E-state index in [-0.39, 0.29) is 32.8 Å². The molecule has 0 aliphatic rings. The standard InChI is InChI=1S/C17H12Cl2N2O3/c1-24-15-8-10(5-6-14(15)22)7-11(9-20)17(23)21-16-12(18)3-2-4-13(16)19/h2-8,22H,1H3,(H,21,23)/b11-7+. The van der Waals surface area contributed by atoms with Gasteiger partial charge in [0.2, 0.25) is 0 Å². The van der Waals surface area contributed by atoms with Gasteiger partial charge in [-0.05, 0) is 35.9 Å². The summed E-state index contributed by atoms with van der Waals surface area (Å²) in [5, 5.41) is 21.8. The molecule has 0 aliphatic heterocycles. The Morgan fingerprint density at radius 1 is 1.29 bits per heavy atom. The van der Waals surface area contributed by atoms with Gasteiger partial charge in [0, 0.05) is 0 Å². The summed E-state index contributed by atoms with van der Waals surface area (Å²) in [4.78, 5) is 12.3. The van der Waals surface area contributed by atoms with Crippen LogP contribution in [0.2, 0.25) is 10.0 Å². The highest BCUT2D eigenvalue weighted by Crippen LogP contribution is 2.30. The molecule has 0 bridgehead atoms. The highest BCUT2D eigenvalue weighted by Gasteiger charge is 2.14. The summed E-state index contributed by atoms with van der Waals surface area (Å²) in [6, 6.07) is 11.1. The van der Waals surface area contributed by atoms with Gasteiger partial charge in [-0.2, -0.15) is 5.26 Å². The lowest BCUT2D eigenvalue weighted by molar-refractivity contribution is -0.112. The smallest absolute Gasteiger partial charge is 0.266 e. The zero-order valence-electron chi connectivity index (χ0n) is 12.5. The van der Waals surface area contributed by atoms with Gasteiger partial charge in [0.1, 0.15) is 11.6 Å². The molecule has 2 N–H and O–H groups in total. The second kappa shape index (κ2) is 7.73. The maximum absolute atomic E-state index is 12.3. The molecule has 2 aromatic carbocycles. The monoisotopic (exact) mass is 362 g/mol. The molecule has 0 aliphatic carbocycles. The average Bonchev–Trinajstić information content (AvgIpc) is 2.57. The highest BCUT2D eigenvalue weighted by atomic mass is 35.5. The number of carbonyl (C=O) groups is 1. The summed E-state index contributed by atoms with van der Waals surface area (Å²) < 4.78 is 4.99. The zero-order chi connectivity index (χ0) is 17.7. The lowest BCUT2D eigenvalue weighted by Gasteiger charge is -2.08. The highest BCUT2D eigenvalue weighted by molar-refractivity contribution is 6.40. The fraction of sp³-hybridized carbons (Fsp3) is 0.0588. The Labute approximate surface area is 148 Å². The van der Waals surface area contributed by atoms with Crippen LogP contribution >= 0.6 is 23.2 Å². The van der Waals surface area contributed by atoms with Crippen molar-refractivity contribution in [2.45, 2.75) is 0 Å². The van der Waals surface area contributed by atoms with Crippen LogP contribution in [0.3, 0.4) is 0 Å². The van der Waals surface area contributed by atoms with Gasteiger partial charge in [-0.15, -0.1) is 0 Å². The summed E-state index contributed by atoms with van der Waals surface area (Å²) in [6.07, 6.45) is 1.36. The van der Waals surface area contributed by atoms with Crippen LogP contribution in [0.4, 0.5) is 5.69 Å². The Bertz CT molecular complexity index is 837. The lowest BCUT2D eigenvalue weighted by atomic mass is 10.1. The minimum Gasteiger partial charge on any atom is -0.504 e. The molecule has 122 valence electrons. The largest absolute Gasteiger partial charge is 0.504 e. The van der Waals surface area contributed by atoms with E-state index in [1.165, 1.54) is 25.3 Å². The number of carbonyl (C=O) groups excluding carboxylic acids is 1. The molecule has 24 heavy (non-hydrogen) atoms. The van der Waals surface area contributed by atoms with E-state index in [1.807, 2.05) is 6.07 Å². The second-order valence-electron chi connectivity index (χ2n) is 4.65. The number of nitriles is 1. The molecule has 7 heteroatoms. The number of amides is 1. The van der Waals surface area contributed by atoms with Crippen molar-refractivity contribution in [3.8, 4) is 17.6 Å². The van der Waals surface area contributed by atoms with E-state index < -0.39 is 5.91 Å². The van der Waals surface area contributed by atoms with Crippen LogP contribution < -0.4 is 10.1 Å². The number of phenolic OH excluding ortho intramolecular Hbond substituents is 1. The molecule has 2 aromatic rings. The van der Waals surface area contributed by atoms with Crippen molar-refractivity contribution in [1.29, 1.82) is 5.26 Å². The van der Waals surface area contributed by atoms with Crippen LogP contribution in [0.25, 0.3) is 6.08 Å². The second-order valence-corrected chi connectivity index (χ2v) is 5.47. The van der Waals surface area contributed by atoms with Crippen molar-refractivity contribution < 1.29 is 14.6 Å². The van der Waals surface area contributed by atoms with E-state index in [9.17, 15) is 15.2 Å². The summed E-state index contributed by atoms with van der Waals surface area (Å²) in [5.41, 5.74) is 0.593. The Balaban J connectivity index is 2.31. The van der Waals surface area contributed by atoms with E-state index in [0.29, 0.717) is 5.56 Å². The Morgan fingerprint density at radius 2 is 1.96 bits per heavy atom. The van der Waals surface area contributed by atoms with Gasteiger partial charge in [0.05, 0.1) is 22.8 Å². The van der Waals surface area contributed by atoms with Crippen molar-refractivity contribution in [3.63, 3.8) is 0 Å². The minimum absolute atomic E-state index is 0.0412. The van der Waals surface area contributed by atoms with E-state index in [2.05, 4.69) is 5.32 Å². The molecule has 0 radical (unpaired) electrons.